The standard InChI is InChI=1S/C15H17BrN2/c1-11(2)18-7-6-13(10-18)9-17-14-4-5-15(16)12(3)8-14/h4-11H,1-3H3. The van der Waals surface area contributed by atoms with E-state index in [1.165, 1.54) is 5.56 Å². The van der Waals surface area contributed by atoms with Gasteiger partial charge in [-0.05, 0) is 50.6 Å². The number of aliphatic imine (C=N–C) groups is 1. The first-order chi connectivity index (χ1) is 8.56. The van der Waals surface area contributed by atoms with Crippen LogP contribution >= 0.6 is 15.9 Å². The molecule has 0 spiro atoms. The third-order valence-electron chi connectivity index (χ3n) is 2.84. The van der Waals surface area contributed by atoms with Gasteiger partial charge in [0.05, 0.1) is 5.69 Å². The van der Waals surface area contributed by atoms with Crippen molar-refractivity contribution in [3.8, 4) is 0 Å². The SMILES string of the molecule is Cc1cc(N=Cc2ccn(C(C)C)c2)ccc1Br. The van der Waals surface area contributed by atoms with Gasteiger partial charge in [-0.3, -0.25) is 4.99 Å². The first-order valence-electron chi connectivity index (χ1n) is 6.04. The molecule has 0 amide bonds. The van der Waals surface area contributed by atoms with E-state index in [9.17, 15) is 0 Å². The highest BCUT2D eigenvalue weighted by Crippen LogP contribution is 2.21. The number of aromatic nitrogens is 1. The molecule has 0 aliphatic heterocycles. The fourth-order valence-corrected chi connectivity index (χ4v) is 1.93. The van der Waals surface area contributed by atoms with Gasteiger partial charge in [-0.1, -0.05) is 15.9 Å². The van der Waals surface area contributed by atoms with Crippen LogP contribution in [0, 0.1) is 6.92 Å². The summed E-state index contributed by atoms with van der Waals surface area (Å²) in [5.41, 5.74) is 3.31. The van der Waals surface area contributed by atoms with Crippen LogP contribution in [0.3, 0.4) is 0 Å². The molecule has 0 radical (unpaired) electrons. The van der Waals surface area contributed by atoms with E-state index in [4.69, 9.17) is 0 Å². The van der Waals surface area contributed by atoms with Crippen molar-refractivity contribution in [1.82, 2.24) is 4.57 Å². The maximum atomic E-state index is 4.49. The second-order valence-electron chi connectivity index (χ2n) is 4.68. The van der Waals surface area contributed by atoms with E-state index in [1.54, 1.807) is 0 Å². The molecule has 0 N–H and O–H groups in total. The topological polar surface area (TPSA) is 17.3 Å². The predicted octanol–water partition coefficient (Wildman–Crippen LogP) is 4.89. The van der Waals surface area contributed by atoms with Crippen LogP contribution in [0.25, 0.3) is 0 Å². The molecule has 2 aromatic rings. The molecule has 0 bridgehead atoms. The van der Waals surface area contributed by atoms with E-state index in [-0.39, 0.29) is 0 Å². The van der Waals surface area contributed by atoms with Crippen LogP contribution in [0.1, 0.15) is 31.0 Å². The van der Waals surface area contributed by atoms with Crippen LogP contribution in [-0.2, 0) is 0 Å². The minimum Gasteiger partial charge on any atom is -0.351 e. The molecule has 0 saturated heterocycles. The van der Waals surface area contributed by atoms with Crippen LogP contribution in [0.4, 0.5) is 5.69 Å². The van der Waals surface area contributed by atoms with Crippen molar-refractivity contribution < 1.29 is 0 Å². The number of benzene rings is 1. The average molecular weight is 305 g/mol. The summed E-state index contributed by atoms with van der Waals surface area (Å²) in [5, 5.41) is 0. The molecule has 0 aliphatic rings. The molecular weight excluding hydrogens is 288 g/mol. The second kappa shape index (κ2) is 5.53. The molecule has 1 heterocycles. The minimum atomic E-state index is 0.488. The molecule has 1 aromatic carbocycles. The van der Waals surface area contributed by atoms with E-state index >= 15 is 0 Å². The Bertz CT molecular complexity index is 568. The Morgan fingerprint density at radius 3 is 2.67 bits per heavy atom. The maximum absolute atomic E-state index is 4.49. The van der Waals surface area contributed by atoms with Gasteiger partial charge in [0.15, 0.2) is 0 Å². The molecule has 2 nitrogen and oxygen atoms in total. The second-order valence-corrected chi connectivity index (χ2v) is 5.53. The summed E-state index contributed by atoms with van der Waals surface area (Å²) in [6, 6.07) is 8.67. The van der Waals surface area contributed by atoms with Crippen molar-refractivity contribution in [2.24, 2.45) is 4.99 Å². The highest BCUT2D eigenvalue weighted by Gasteiger charge is 1.98. The highest BCUT2D eigenvalue weighted by molar-refractivity contribution is 9.10. The summed E-state index contributed by atoms with van der Waals surface area (Å²) < 4.78 is 3.29. The van der Waals surface area contributed by atoms with Crippen molar-refractivity contribution in [2.45, 2.75) is 26.8 Å². The van der Waals surface area contributed by atoms with E-state index in [0.717, 1.165) is 15.7 Å². The van der Waals surface area contributed by atoms with Gasteiger partial charge < -0.3 is 4.57 Å². The van der Waals surface area contributed by atoms with Crippen LogP contribution in [0.2, 0.25) is 0 Å². The Balaban J connectivity index is 2.16. The average Bonchev–Trinajstić information content (AvgIpc) is 2.79. The summed E-state index contributed by atoms with van der Waals surface area (Å²) in [4.78, 5) is 4.49. The molecule has 0 fully saturated rings. The molecule has 0 unspecified atom stereocenters. The molecule has 18 heavy (non-hydrogen) atoms. The van der Waals surface area contributed by atoms with Gasteiger partial charge in [0.25, 0.3) is 0 Å². The number of halogens is 1. The first-order valence-corrected chi connectivity index (χ1v) is 6.83. The number of nitrogens with zero attached hydrogens (tertiary/aromatic N) is 2. The Morgan fingerprint density at radius 1 is 1.28 bits per heavy atom. The molecule has 3 heteroatoms. The highest BCUT2D eigenvalue weighted by atomic mass is 79.9. The third-order valence-corrected chi connectivity index (χ3v) is 3.73. The Hall–Kier alpha value is -1.35. The van der Waals surface area contributed by atoms with Gasteiger partial charge in [-0.25, -0.2) is 0 Å². The van der Waals surface area contributed by atoms with Crippen molar-refractivity contribution in [3.05, 3.63) is 52.3 Å². The zero-order valence-electron chi connectivity index (χ0n) is 10.9. The molecule has 1 aromatic heterocycles. The van der Waals surface area contributed by atoms with Crippen LogP contribution < -0.4 is 0 Å². The molecule has 0 saturated carbocycles. The monoisotopic (exact) mass is 304 g/mol. The van der Waals surface area contributed by atoms with Crippen LogP contribution in [0.5, 0.6) is 0 Å². The lowest BCUT2D eigenvalue weighted by molar-refractivity contribution is 0.603. The normalized spacial score (nSPS) is 11.6. The van der Waals surface area contributed by atoms with E-state index in [2.05, 4.69) is 70.8 Å². The number of hydrogen-bond donors (Lipinski definition) is 0. The Morgan fingerprint density at radius 2 is 2.06 bits per heavy atom. The fourth-order valence-electron chi connectivity index (χ4n) is 1.69. The summed E-state index contributed by atoms with van der Waals surface area (Å²) in [6.07, 6.45) is 6.10. The van der Waals surface area contributed by atoms with Gasteiger partial charge in [0, 0.05) is 34.7 Å². The zero-order valence-corrected chi connectivity index (χ0v) is 12.5. The van der Waals surface area contributed by atoms with Crippen molar-refractivity contribution >= 4 is 27.8 Å². The van der Waals surface area contributed by atoms with Gasteiger partial charge in [0.2, 0.25) is 0 Å². The molecule has 94 valence electrons. The van der Waals surface area contributed by atoms with Crippen molar-refractivity contribution in [2.75, 3.05) is 0 Å². The Labute approximate surface area is 116 Å². The maximum Gasteiger partial charge on any atom is 0.0633 e. The predicted molar refractivity (Wildman–Crippen MR) is 81.0 cm³/mol. The minimum absolute atomic E-state index is 0.488. The summed E-state index contributed by atoms with van der Waals surface area (Å²) in [6.45, 7) is 6.40. The number of aryl methyl sites for hydroxylation is 1. The lowest BCUT2D eigenvalue weighted by Crippen LogP contribution is -1.95. The largest absolute Gasteiger partial charge is 0.351 e. The molecule has 0 aliphatic carbocycles. The van der Waals surface area contributed by atoms with E-state index in [1.807, 2.05) is 18.3 Å². The zero-order chi connectivity index (χ0) is 13.1. The molecule has 2 rings (SSSR count). The summed E-state index contributed by atoms with van der Waals surface area (Å²) in [5.74, 6) is 0. The lowest BCUT2D eigenvalue weighted by Gasteiger charge is -2.04. The van der Waals surface area contributed by atoms with Gasteiger partial charge in [-0.2, -0.15) is 0 Å². The van der Waals surface area contributed by atoms with Crippen LogP contribution in [-0.4, -0.2) is 10.8 Å². The van der Waals surface area contributed by atoms with Crippen molar-refractivity contribution in [1.29, 1.82) is 0 Å². The van der Waals surface area contributed by atoms with Gasteiger partial charge in [-0.15, -0.1) is 0 Å². The third kappa shape index (κ3) is 3.10. The van der Waals surface area contributed by atoms with Gasteiger partial charge >= 0.3 is 0 Å². The van der Waals surface area contributed by atoms with Crippen molar-refractivity contribution in [3.63, 3.8) is 0 Å². The quantitative estimate of drug-likeness (QED) is 0.718. The Kier molecular flexibility index (Phi) is 4.02. The fraction of sp³-hybridized carbons (Fsp3) is 0.267. The molecular formula is C15H17BrN2. The van der Waals surface area contributed by atoms with Crippen LogP contribution in [0.15, 0.2) is 46.1 Å². The summed E-state index contributed by atoms with van der Waals surface area (Å²) >= 11 is 3.49. The number of rotatable bonds is 3. The smallest absolute Gasteiger partial charge is 0.0633 e. The van der Waals surface area contributed by atoms with Gasteiger partial charge in [0.1, 0.15) is 0 Å². The lowest BCUT2D eigenvalue weighted by atomic mass is 10.2. The van der Waals surface area contributed by atoms with E-state index < -0.39 is 0 Å². The first kappa shape index (κ1) is 13.1. The number of hydrogen-bond acceptors (Lipinski definition) is 1. The van der Waals surface area contributed by atoms with E-state index in [0.29, 0.717) is 6.04 Å². The summed E-state index contributed by atoms with van der Waals surface area (Å²) in [7, 11) is 0. The molecule has 0 atom stereocenters.